The van der Waals surface area contributed by atoms with Crippen LogP contribution in [0.2, 0.25) is 0 Å². The Bertz CT molecular complexity index is 424. The first-order valence-electron chi connectivity index (χ1n) is 5.50. The van der Waals surface area contributed by atoms with E-state index < -0.39 is 5.41 Å². The Kier molecular flexibility index (Phi) is 3.44. The standard InChI is InChI=1S/C11H15N3OS2/c1-7-2-11(3-7,9(12)16)10(15)14-5-8-4-13-6-17-8/h4,6-7H,2-3,5H2,1H3,(H2,12,16)(H,14,15). The molecule has 1 aliphatic rings. The summed E-state index contributed by atoms with van der Waals surface area (Å²) in [6.07, 6.45) is 3.27. The Balaban J connectivity index is 1.96. The molecule has 0 unspecified atom stereocenters. The fourth-order valence-electron chi connectivity index (χ4n) is 2.29. The third-order valence-electron chi connectivity index (χ3n) is 3.21. The normalized spacial score (nSPS) is 27.2. The molecule has 1 heterocycles. The molecule has 17 heavy (non-hydrogen) atoms. The SMILES string of the molecule is CC1CC(C(=O)NCc2cncs2)(C(N)=S)C1. The van der Waals surface area contributed by atoms with Crippen molar-refractivity contribution in [2.75, 3.05) is 0 Å². The van der Waals surface area contributed by atoms with E-state index in [0.717, 1.165) is 17.7 Å². The number of nitrogens with one attached hydrogen (secondary N) is 1. The average molecular weight is 269 g/mol. The third-order valence-corrected chi connectivity index (χ3v) is 4.38. The number of carbonyl (C=O) groups excluding carboxylic acids is 1. The maximum atomic E-state index is 12.1. The predicted octanol–water partition coefficient (Wildman–Crippen LogP) is 1.46. The molecule has 4 nitrogen and oxygen atoms in total. The summed E-state index contributed by atoms with van der Waals surface area (Å²) in [4.78, 5) is 17.4. The number of amides is 1. The molecule has 0 spiro atoms. The molecule has 0 bridgehead atoms. The van der Waals surface area contributed by atoms with Crippen molar-refractivity contribution in [3.8, 4) is 0 Å². The minimum Gasteiger partial charge on any atom is -0.392 e. The number of rotatable bonds is 4. The Morgan fingerprint density at radius 2 is 2.47 bits per heavy atom. The molecule has 1 aromatic heterocycles. The van der Waals surface area contributed by atoms with Gasteiger partial charge in [0.2, 0.25) is 5.91 Å². The topological polar surface area (TPSA) is 68.0 Å². The maximum absolute atomic E-state index is 12.1. The number of hydrogen-bond donors (Lipinski definition) is 2. The zero-order valence-corrected chi connectivity index (χ0v) is 11.2. The zero-order chi connectivity index (χ0) is 12.5. The highest BCUT2D eigenvalue weighted by Crippen LogP contribution is 2.45. The number of aromatic nitrogens is 1. The van der Waals surface area contributed by atoms with Crippen molar-refractivity contribution in [3.05, 3.63) is 16.6 Å². The van der Waals surface area contributed by atoms with Crippen molar-refractivity contribution >= 4 is 34.5 Å². The van der Waals surface area contributed by atoms with Crippen LogP contribution in [0.1, 0.15) is 24.6 Å². The highest BCUT2D eigenvalue weighted by Gasteiger charge is 2.50. The molecule has 6 heteroatoms. The van der Waals surface area contributed by atoms with Gasteiger partial charge < -0.3 is 11.1 Å². The lowest BCUT2D eigenvalue weighted by atomic mass is 9.62. The molecule has 92 valence electrons. The minimum absolute atomic E-state index is 0.0449. The molecule has 2 rings (SSSR count). The molecule has 1 saturated carbocycles. The first-order valence-corrected chi connectivity index (χ1v) is 6.79. The second kappa shape index (κ2) is 4.70. The van der Waals surface area contributed by atoms with Gasteiger partial charge in [0.25, 0.3) is 0 Å². The van der Waals surface area contributed by atoms with E-state index >= 15 is 0 Å². The molecule has 0 radical (unpaired) electrons. The Morgan fingerprint density at radius 3 is 2.94 bits per heavy atom. The van der Waals surface area contributed by atoms with Gasteiger partial charge >= 0.3 is 0 Å². The summed E-state index contributed by atoms with van der Waals surface area (Å²) >= 11 is 6.55. The van der Waals surface area contributed by atoms with Crippen molar-refractivity contribution < 1.29 is 4.79 Å². The molecule has 1 aromatic rings. The highest BCUT2D eigenvalue weighted by molar-refractivity contribution is 7.80. The molecule has 3 N–H and O–H groups in total. The summed E-state index contributed by atoms with van der Waals surface area (Å²) in [6, 6.07) is 0. The predicted molar refractivity (Wildman–Crippen MR) is 71.6 cm³/mol. The lowest BCUT2D eigenvalue weighted by Crippen LogP contribution is -2.55. The molecular formula is C11H15N3OS2. The van der Waals surface area contributed by atoms with Crippen LogP contribution in [0, 0.1) is 11.3 Å². The average Bonchev–Trinajstić information content (AvgIpc) is 2.73. The highest BCUT2D eigenvalue weighted by atomic mass is 32.1. The summed E-state index contributed by atoms with van der Waals surface area (Å²) in [5.41, 5.74) is 6.84. The summed E-state index contributed by atoms with van der Waals surface area (Å²) in [5.74, 6) is 0.474. The van der Waals surface area contributed by atoms with Gasteiger partial charge in [-0.05, 0) is 18.8 Å². The van der Waals surface area contributed by atoms with Gasteiger partial charge in [-0.2, -0.15) is 0 Å². The molecule has 0 saturated heterocycles. The van der Waals surface area contributed by atoms with Gasteiger partial charge in [0.1, 0.15) is 0 Å². The second-order valence-corrected chi connectivity index (χ2v) is 6.02. The first kappa shape index (κ1) is 12.4. The van der Waals surface area contributed by atoms with E-state index in [9.17, 15) is 4.79 Å². The quantitative estimate of drug-likeness (QED) is 0.812. The smallest absolute Gasteiger partial charge is 0.233 e. The monoisotopic (exact) mass is 269 g/mol. The molecule has 0 atom stereocenters. The van der Waals surface area contributed by atoms with Gasteiger partial charge in [0.05, 0.1) is 22.5 Å². The van der Waals surface area contributed by atoms with Crippen LogP contribution >= 0.6 is 23.6 Å². The molecule has 1 amide bonds. The molecule has 0 aliphatic heterocycles. The summed E-state index contributed by atoms with van der Waals surface area (Å²) in [6.45, 7) is 2.61. The Morgan fingerprint density at radius 1 is 1.76 bits per heavy atom. The molecule has 1 fully saturated rings. The van der Waals surface area contributed by atoms with E-state index in [1.54, 1.807) is 11.7 Å². The third kappa shape index (κ3) is 2.32. The van der Waals surface area contributed by atoms with Crippen molar-refractivity contribution in [1.29, 1.82) is 0 Å². The van der Waals surface area contributed by atoms with Crippen molar-refractivity contribution in [3.63, 3.8) is 0 Å². The van der Waals surface area contributed by atoms with Gasteiger partial charge in [-0.1, -0.05) is 19.1 Å². The van der Waals surface area contributed by atoms with Crippen LogP contribution in [0.4, 0.5) is 0 Å². The Hall–Kier alpha value is -1.01. The van der Waals surface area contributed by atoms with E-state index in [1.807, 2.05) is 0 Å². The Labute approximate surface area is 110 Å². The van der Waals surface area contributed by atoms with E-state index in [2.05, 4.69) is 17.2 Å². The number of nitrogens with two attached hydrogens (primary N) is 1. The van der Waals surface area contributed by atoms with Crippen LogP contribution in [0.15, 0.2) is 11.7 Å². The summed E-state index contributed by atoms with van der Waals surface area (Å²) in [5, 5.41) is 2.89. The van der Waals surface area contributed by atoms with E-state index in [0.29, 0.717) is 17.5 Å². The van der Waals surface area contributed by atoms with Gasteiger partial charge in [-0.3, -0.25) is 9.78 Å². The fourth-order valence-corrected chi connectivity index (χ4v) is 3.09. The van der Waals surface area contributed by atoms with E-state index in [4.69, 9.17) is 18.0 Å². The van der Waals surface area contributed by atoms with Crippen molar-refractivity contribution in [2.45, 2.75) is 26.3 Å². The minimum atomic E-state index is -0.612. The van der Waals surface area contributed by atoms with E-state index in [1.165, 1.54) is 11.3 Å². The van der Waals surface area contributed by atoms with Crippen LogP contribution < -0.4 is 11.1 Å². The fraction of sp³-hybridized carbons (Fsp3) is 0.545. The van der Waals surface area contributed by atoms with Gasteiger partial charge in [0.15, 0.2) is 0 Å². The van der Waals surface area contributed by atoms with Crippen LogP contribution in [0.3, 0.4) is 0 Å². The molecule has 0 aromatic carbocycles. The lowest BCUT2D eigenvalue weighted by molar-refractivity contribution is -0.133. The lowest BCUT2D eigenvalue weighted by Gasteiger charge is -2.44. The number of nitrogens with zero attached hydrogens (tertiary/aromatic N) is 1. The van der Waals surface area contributed by atoms with Crippen LogP contribution in [0.25, 0.3) is 0 Å². The second-order valence-electron chi connectivity index (χ2n) is 4.61. The number of thiazole rings is 1. The van der Waals surface area contributed by atoms with Crippen molar-refractivity contribution in [1.82, 2.24) is 10.3 Å². The number of carbonyl (C=O) groups is 1. The summed E-state index contributed by atoms with van der Waals surface area (Å²) in [7, 11) is 0. The van der Waals surface area contributed by atoms with Crippen LogP contribution in [-0.2, 0) is 11.3 Å². The van der Waals surface area contributed by atoms with Crippen LogP contribution in [0.5, 0.6) is 0 Å². The van der Waals surface area contributed by atoms with Crippen molar-refractivity contribution in [2.24, 2.45) is 17.1 Å². The molecular weight excluding hydrogens is 254 g/mol. The van der Waals surface area contributed by atoms with Gasteiger partial charge in [-0.15, -0.1) is 11.3 Å². The zero-order valence-electron chi connectivity index (χ0n) is 9.60. The molecule has 1 aliphatic carbocycles. The van der Waals surface area contributed by atoms with Gasteiger partial charge in [-0.25, -0.2) is 0 Å². The van der Waals surface area contributed by atoms with E-state index in [-0.39, 0.29) is 5.91 Å². The van der Waals surface area contributed by atoms with Crippen LogP contribution in [-0.4, -0.2) is 15.9 Å². The summed E-state index contributed by atoms with van der Waals surface area (Å²) < 4.78 is 0. The number of hydrogen-bond acceptors (Lipinski definition) is 4. The maximum Gasteiger partial charge on any atom is 0.233 e. The number of thiocarbonyl (C=S) groups is 1. The largest absolute Gasteiger partial charge is 0.392 e. The first-order chi connectivity index (χ1) is 8.04. The van der Waals surface area contributed by atoms with Gasteiger partial charge in [0, 0.05) is 11.1 Å².